The Hall–Kier alpha value is -2.27. The van der Waals surface area contributed by atoms with Crippen LogP contribution in [0.5, 0.6) is 0 Å². The largest absolute Gasteiger partial charge is 0.480 e. The second-order valence-corrected chi connectivity index (χ2v) is 4.36. The molecule has 19 heavy (non-hydrogen) atoms. The second kappa shape index (κ2) is 5.58. The van der Waals surface area contributed by atoms with Gasteiger partial charge in [0, 0.05) is 18.9 Å². The molecule has 0 aliphatic heterocycles. The SMILES string of the molecule is CC(NCc1ccccc1)(C(=O)O)c1cnccn1. The molecule has 0 amide bonds. The Morgan fingerprint density at radius 1 is 1.32 bits per heavy atom. The first-order chi connectivity index (χ1) is 9.13. The van der Waals surface area contributed by atoms with Gasteiger partial charge in [-0.3, -0.25) is 15.3 Å². The Balaban J connectivity index is 2.19. The summed E-state index contributed by atoms with van der Waals surface area (Å²) in [7, 11) is 0. The number of carbonyl (C=O) groups is 1. The monoisotopic (exact) mass is 257 g/mol. The predicted molar refractivity (Wildman–Crippen MR) is 70.3 cm³/mol. The average molecular weight is 257 g/mol. The fourth-order valence-corrected chi connectivity index (χ4v) is 1.71. The first-order valence-electron chi connectivity index (χ1n) is 5.92. The van der Waals surface area contributed by atoms with E-state index in [-0.39, 0.29) is 0 Å². The third-order valence-electron chi connectivity index (χ3n) is 2.99. The summed E-state index contributed by atoms with van der Waals surface area (Å²) in [4.78, 5) is 19.5. The van der Waals surface area contributed by atoms with Gasteiger partial charge in [-0.05, 0) is 12.5 Å². The Kier molecular flexibility index (Phi) is 3.87. The number of hydrogen-bond acceptors (Lipinski definition) is 4. The van der Waals surface area contributed by atoms with Crippen LogP contribution in [0.15, 0.2) is 48.9 Å². The molecule has 1 aromatic heterocycles. The average Bonchev–Trinajstić information content (AvgIpc) is 2.46. The molecular weight excluding hydrogens is 242 g/mol. The summed E-state index contributed by atoms with van der Waals surface area (Å²) < 4.78 is 0. The zero-order valence-corrected chi connectivity index (χ0v) is 10.6. The molecule has 0 spiro atoms. The maximum absolute atomic E-state index is 11.5. The molecular formula is C14H15N3O2. The van der Waals surface area contributed by atoms with Gasteiger partial charge in [-0.1, -0.05) is 30.3 Å². The van der Waals surface area contributed by atoms with Crippen molar-refractivity contribution in [1.82, 2.24) is 15.3 Å². The number of benzene rings is 1. The number of nitrogens with one attached hydrogen (secondary N) is 1. The smallest absolute Gasteiger partial charge is 0.329 e. The summed E-state index contributed by atoms with van der Waals surface area (Å²) in [6, 6.07) is 9.62. The third-order valence-corrected chi connectivity index (χ3v) is 2.99. The van der Waals surface area contributed by atoms with Gasteiger partial charge in [-0.15, -0.1) is 0 Å². The van der Waals surface area contributed by atoms with Gasteiger partial charge in [0.15, 0.2) is 5.54 Å². The Morgan fingerprint density at radius 2 is 2.05 bits per heavy atom. The number of carboxylic acids is 1. The predicted octanol–water partition coefficient (Wildman–Crippen LogP) is 1.57. The highest BCUT2D eigenvalue weighted by molar-refractivity contribution is 5.79. The molecule has 0 saturated carbocycles. The molecule has 2 rings (SSSR count). The van der Waals surface area contributed by atoms with Crippen molar-refractivity contribution in [1.29, 1.82) is 0 Å². The van der Waals surface area contributed by atoms with Crippen molar-refractivity contribution in [2.24, 2.45) is 0 Å². The van der Waals surface area contributed by atoms with Crippen LogP contribution in [0.25, 0.3) is 0 Å². The first kappa shape index (κ1) is 13.2. The van der Waals surface area contributed by atoms with Gasteiger partial charge < -0.3 is 5.11 Å². The van der Waals surface area contributed by atoms with Crippen molar-refractivity contribution < 1.29 is 9.90 Å². The van der Waals surface area contributed by atoms with Crippen LogP contribution >= 0.6 is 0 Å². The van der Waals surface area contributed by atoms with Crippen LogP contribution in [0.2, 0.25) is 0 Å². The van der Waals surface area contributed by atoms with Crippen LogP contribution in [0, 0.1) is 0 Å². The van der Waals surface area contributed by atoms with E-state index in [1.165, 1.54) is 18.6 Å². The molecule has 0 radical (unpaired) electrons. The third kappa shape index (κ3) is 2.95. The van der Waals surface area contributed by atoms with Gasteiger partial charge in [-0.25, -0.2) is 4.79 Å². The van der Waals surface area contributed by atoms with Crippen LogP contribution < -0.4 is 5.32 Å². The summed E-state index contributed by atoms with van der Waals surface area (Å²) in [6.07, 6.45) is 4.47. The summed E-state index contributed by atoms with van der Waals surface area (Å²) in [5, 5.41) is 12.5. The fraction of sp³-hybridized carbons (Fsp3) is 0.214. The number of nitrogens with zero attached hydrogens (tertiary/aromatic N) is 2. The topological polar surface area (TPSA) is 75.1 Å². The highest BCUT2D eigenvalue weighted by Crippen LogP contribution is 2.18. The van der Waals surface area contributed by atoms with Crippen molar-refractivity contribution in [2.45, 2.75) is 19.0 Å². The van der Waals surface area contributed by atoms with Crippen molar-refractivity contribution in [3.8, 4) is 0 Å². The lowest BCUT2D eigenvalue weighted by molar-refractivity contribution is -0.144. The molecule has 1 aromatic carbocycles. The molecule has 0 bridgehead atoms. The first-order valence-corrected chi connectivity index (χ1v) is 5.92. The quantitative estimate of drug-likeness (QED) is 0.850. The van der Waals surface area contributed by atoms with Gasteiger partial charge in [0.1, 0.15) is 0 Å². The molecule has 0 aliphatic rings. The zero-order chi connectivity index (χ0) is 13.7. The van der Waals surface area contributed by atoms with E-state index in [1.807, 2.05) is 30.3 Å². The van der Waals surface area contributed by atoms with E-state index in [1.54, 1.807) is 6.92 Å². The Labute approximate surface area is 111 Å². The van der Waals surface area contributed by atoms with E-state index in [2.05, 4.69) is 15.3 Å². The van der Waals surface area contributed by atoms with Gasteiger partial charge in [0.2, 0.25) is 0 Å². The lowest BCUT2D eigenvalue weighted by Gasteiger charge is -2.25. The molecule has 5 nitrogen and oxygen atoms in total. The van der Waals surface area contributed by atoms with Gasteiger partial charge in [-0.2, -0.15) is 0 Å². The zero-order valence-electron chi connectivity index (χ0n) is 10.6. The van der Waals surface area contributed by atoms with Gasteiger partial charge in [0.25, 0.3) is 0 Å². The van der Waals surface area contributed by atoms with Crippen LogP contribution in [0.1, 0.15) is 18.2 Å². The Bertz CT molecular complexity index is 545. The van der Waals surface area contributed by atoms with E-state index < -0.39 is 11.5 Å². The molecule has 0 saturated heterocycles. The maximum Gasteiger partial charge on any atom is 0.329 e. The number of aliphatic carboxylic acids is 1. The number of rotatable bonds is 5. The summed E-state index contributed by atoms with van der Waals surface area (Å²) in [5.41, 5.74) is 0.140. The highest BCUT2D eigenvalue weighted by Gasteiger charge is 2.36. The summed E-state index contributed by atoms with van der Waals surface area (Å²) >= 11 is 0. The lowest BCUT2D eigenvalue weighted by atomic mass is 9.98. The summed E-state index contributed by atoms with van der Waals surface area (Å²) in [6.45, 7) is 2.03. The molecule has 2 N–H and O–H groups in total. The van der Waals surface area contributed by atoms with E-state index in [0.717, 1.165) is 5.56 Å². The van der Waals surface area contributed by atoms with Crippen LogP contribution in [0.3, 0.4) is 0 Å². The minimum absolute atomic E-state index is 0.387. The minimum Gasteiger partial charge on any atom is -0.480 e. The van der Waals surface area contributed by atoms with Crippen molar-refractivity contribution in [3.05, 3.63) is 60.2 Å². The minimum atomic E-state index is -1.26. The van der Waals surface area contributed by atoms with E-state index >= 15 is 0 Å². The van der Waals surface area contributed by atoms with Crippen LogP contribution in [0.4, 0.5) is 0 Å². The summed E-state index contributed by atoms with van der Waals surface area (Å²) in [5.74, 6) is -0.982. The van der Waals surface area contributed by atoms with Crippen molar-refractivity contribution in [3.63, 3.8) is 0 Å². The molecule has 5 heteroatoms. The van der Waals surface area contributed by atoms with Gasteiger partial charge in [0.05, 0.1) is 11.9 Å². The van der Waals surface area contributed by atoms with Gasteiger partial charge >= 0.3 is 5.97 Å². The number of carboxylic acid groups (broad SMARTS) is 1. The highest BCUT2D eigenvalue weighted by atomic mass is 16.4. The van der Waals surface area contributed by atoms with Crippen molar-refractivity contribution >= 4 is 5.97 Å². The fourth-order valence-electron chi connectivity index (χ4n) is 1.71. The molecule has 0 fully saturated rings. The molecule has 2 aromatic rings. The molecule has 1 unspecified atom stereocenters. The maximum atomic E-state index is 11.5. The standard InChI is InChI=1S/C14H15N3O2/c1-14(13(18)19,12-10-15-7-8-16-12)17-9-11-5-3-2-4-6-11/h2-8,10,17H,9H2,1H3,(H,18,19). The molecule has 1 atom stereocenters. The lowest BCUT2D eigenvalue weighted by Crippen LogP contribution is -2.46. The van der Waals surface area contributed by atoms with Crippen molar-refractivity contribution in [2.75, 3.05) is 0 Å². The number of hydrogen-bond donors (Lipinski definition) is 2. The van der Waals surface area contributed by atoms with Crippen LogP contribution in [-0.4, -0.2) is 21.0 Å². The molecule has 98 valence electrons. The second-order valence-electron chi connectivity index (χ2n) is 4.36. The molecule has 1 heterocycles. The molecule has 0 aliphatic carbocycles. The normalized spacial score (nSPS) is 13.7. The van der Waals surface area contributed by atoms with Crippen LogP contribution in [-0.2, 0) is 16.9 Å². The number of aromatic nitrogens is 2. The van der Waals surface area contributed by atoms with E-state index in [4.69, 9.17) is 0 Å². The van der Waals surface area contributed by atoms with E-state index in [9.17, 15) is 9.90 Å². The Morgan fingerprint density at radius 3 is 2.63 bits per heavy atom. The van der Waals surface area contributed by atoms with E-state index in [0.29, 0.717) is 12.2 Å².